The molecule has 3 aromatic rings. The van der Waals surface area contributed by atoms with E-state index in [1.165, 1.54) is 12.1 Å². The number of rotatable bonds is 6. The molecule has 0 aliphatic carbocycles. The highest BCUT2D eigenvalue weighted by molar-refractivity contribution is 7.86. The first-order valence-corrected chi connectivity index (χ1v) is 11.7. The lowest BCUT2D eigenvalue weighted by Crippen LogP contribution is -2.18. The molecule has 0 radical (unpaired) electrons. The molecule has 3 aromatic carbocycles. The van der Waals surface area contributed by atoms with Crippen LogP contribution >= 0.6 is 23.2 Å². The average molecular weight is 477 g/mol. The van der Waals surface area contributed by atoms with Crippen LogP contribution in [0, 0.1) is 5.41 Å². The highest BCUT2D eigenvalue weighted by Gasteiger charge is 2.20. The molecule has 0 N–H and O–H groups in total. The zero-order chi connectivity index (χ0) is 22.8. The summed E-state index contributed by atoms with van der Waals surface area (Å²) in [5, 5.41) is 0.773. The van der Waals surface area contributed by atoms with Crippen LogP contribution in [0.2, 0.25) is 10.0 Å². The lowest BCUT2D eigenvalue weighted by molar-refractivity contribution is 0.103. The lowest BCUT2D eigenvalue weighted by atomic mass is 9.99. The van der Waals surface area contributed by atoms with Crippen molar-refractivity contribution in [3.8, 4) is 11.1 Å². The van der Waals surface area contributed by atoms with Gasteiger partial charge in [-0.1, -0.05) is 80.4 Å². The van der Waals surface area contributed by atoms with Gasteiger partial charge in [0, 0.05) is 16.1 Å². The molecule has 31 heavy (non-hydrogen) atoms. The van der Waals surface area contributed by atoms with E-state index in [0.29, 0.717) is 21.2 Å². The zero-order valence-electron chi connectivity index (χ0n) is 17.4. The summed E-state index contributed by atoms with van der Waals surface area (Å²) in [6.07, 6.45) is 0. The van der Waals surface area contributed by atoms with Crippen LogP contribution in [-0.2, 0) is 14.3 Å². The van der Waals surface area contributed by atoms with Gasteiger partial charge in [-0.25, -0.2) is 0 Å². The first kappa shape index (κ1) is 23.5. The third kappa shape index (κ3) is 5.95. The Morgan fingerprint density at radius 3 is 1.97 bits per heavy atom. The summed E-state index contributed by atoms with van der Waals surface area (Å²) in [4.78, 5) is 12.8. The summed E-state index contributed by atoms with van der Waals surface area (Å²) in [7, 11) is -3.82. The quantitative estimate of drug-likeness (QED) is 0.295. The van der Waals surface area contributed by atoms with Gasteiger partial charge in [0.1, 0.15) is 0 Å². The Balaban J connectivity index is 1.78. The van der Waals surface area contributed by atoms with Gasteiger partial charge in [-0.3, -0.25) is 8.98 Å². The van der Waals surface area contributed by atoms with E-state index in [2.05, 4.69) is 0 Å². The Labute approximate surface area is 192 Å². The molecule has 162 valence electrons. The standard InChI is InChI=1S/C24H22Cl2O4S/c1-24(2,3)15-30-31(28,29)20-11-8-17(9-12-20)16-4-6-18(7-5-16)23(27)21-14-19(25)10-13-22(21)26/h4-14H,15H2,1-3H3. The molecule has 0 fully saturated rings. The molecule has 0 spiro atoms. The van der Waals surface area contributed by atoms with Crippen molar-refractivity contribution >= 4 is 39.1 Å². The van der Waals surface area contributed by atoms with Gasteiger partial charge in [0.05, 0.1) is 16.5 Å². The summed E-state index contributed by atoms with van der Waals surface area (Å²) in [5.41, 5.74) is 2.21. The summed E-state index contributed by atoms with van der Waals surface area (Å²) in [5.74, 6) is -0.225. The molecule has 4 nitrogen and oxygen atoms in total. The van der Waals surface area contributed by atoms with E-state index >= 15 is 0 Å². The van der Waals surface area contributed by atoms with Crippen LogP contribution in [0.1, 0.15) is 36.7 Å². The van der Waals surface area contributed by atoms with Crippen molar-refractivity contribution in [1.29, 1.82) is 0 Å². The van der Waals surface area contributed by atoms with E-state index in [0.717, 1.165) is 11.1 Å². The third-order valence-corrected chi connectivity index (χ3v) is 6.29. The molecule has 0 aliphatic rings. The lowest BCUT2D eigenvalue weighted by Gasteiger charge is -2.17. The van der Waals surface area contributed by atoms with Gasteiger partial charge >= 0.3 is 0 Å². The SMILES string of the molecule is CC(C)(C)COS(=O)(=O)c1ccc(-c2ccc(C(=O)c3cc(Cl)ccc3Cl)cc2)cc1. The average Bonchev–Trinajstić information content (AvgIpc) is 2.73. The van der Waals surface area contributed by atoms with E-state index in [9.17, 15) is 13.2 Å². The van der Waals surface area contributed by atoms with Crippen LogP contribution in [0.15, 0.2) is 71.6 Å². The first-order valence-electron chi connectivity index (χ1n) is 9.56. The summed E-state index contributed by atoms with van der Waals surface area (Å²) >= 11 is 12.1. The Kier molecular flexibility index (Phi) is 6.92. The number of halogens is 2. The molecule has 0 saturated carbocycles. The minimum absolute atomic E-state index is 0.0999. The number of ketones is 1. The molecule has 0 atom stereocenters. The maximum Gasteiger partial charge on any atom is 0.296 e. The van der Waals surface area contributed by atoms with Gasteiger partial charge in [-0.15, -0.1) is 0 Å². The highest BCUT2D eigenvalue weighted by atomic mass is 35.5. The summed E-state index contributed by atoms with van der Waals surface area (Å²) in [6, 6.07) is 18.2. The summed E-state index contributed by atoms with van der Waals surface area (Å²) in [6.45, 7) is 5.81. The van der Waals surface area contributed by atoms with Crippen molar-refractivity contribution in [3.05, 3.63) is 87.9 Å². The first-order chi connectivity index (χ1) is 14.5. The van der Waals surface area contributed by atoms with Crippen molar-refractivity contribution in [2.75, 3.05) is 6.61 Å². The van der Waals surface area contributed by atoms with Crippen molar-refractivity contribution in [2.45, 2.75) is 25.7 Å². The minimum Gasteiger partial charge on any atom is -0.289 e. The number of carbonyl (C=O) groups is 1. The number of hydrogen-bond donors (Lipinski definition) is 0. The molecule has 0 aromatic heterocycles. The molecule has 7 heteroatoms. The summed E-state index contributed by atoms with van der Waals surface area (Å²) < 4.78 is 29.8. The number of benzene rings is 3. The van der Waals surface area contributed by atoms with E-state index in [-0.39, 0.29) is 22.7 Å². The van der Waals surface area contributed by atoms with Crippen molar-refractivity contribution < 1.29 is 17.4 Å². The molecule has 0 saturated heterocycles. The maximum atomic E-state index is 12.7. The fourth-order valence-electron chi connectivity index (χ4n) is 2.78. The van der Waals surface area contributed by atoms with Gasteiger partial charge in [0.15, 0.2) is 5.78 Å². The van der Waals surface area contributed by atoms with Crippen molar-refractivity contribution in [2.24, 2.45) is 5.41 Å². The van der Waals surface area contributed by atoms with E-state index in [1.807, 2.05) is 20.8 Å². The van der Waals surface area contributed by atoms with Gasteiger partial charge < -0.3 is 0 Å². The van der Waals surface area contributed by atoms with E-state index < -0.39 is 10.1 Å². The Morgan fingerprint density at radius 2 is 1.42 bits per heavy atom. The fourth-order valence-corrected chi connectivity index (χ4v) is 4.27. The molecule has 0 bridgehead atoms. The largest absolute Gasteiger partial charge is 0.296 e. The predicted molar refractivity (Wildman–Crippen MR) is 124 cm³/mol. The van der Waals surface area contributed by atoms with Gasteiger partial charge in [0.25, 0.3) is 10.1 Å². The van der Waals surface area contributed by atoms with Crippen LogP contribution in [0.25, 0.3) is 11.1 Å². The second-order valence-electron chi connectivity index (χ2n) is 8.33. The maximum absolute atomic E-state index is 12.7. The molecule has 3 rings (SSSR count). The zero-order valence-corrected chi connectivity index (χ0v) is 19.7. The predicted octanol–water partition coefficient (Wildman–Crippen LogP) is 6.64. The number of hydrogen-bond acceptors (Lipinski definition) is 4. The van der Waals surface area contributed by atoms with E-state index in [4.69, 9.17) is 27.4 Å². The van der Waals surface area contributed by atoms with Crippen molar-refractivity contribution in [3.63, 3.8) is 0 Å². The smallest absolute Gasteiger partial charge is 0.289 e. The second-order valence-corrected chi connectivity index (χ2v) is 10.8. The van der Waals surface area contributed by atoms with Crippen LogP contribution < -0.4 is 0 Å². The second kappa shape index (κ2) is 9.13. The Bertz CT molecular complexity index is 1190. The minimum atomic E-state index is -3.82. The van der Waals surface area contributed by atoms with Gasteiger partial charge in [-0.05, 0) is 46.9 Å². The van der Waals surface area contributed by atoms with Gasteiger partial charge in [-0.2, -0.15) is 8.42 Å². The molecular formula is C24H22Cl2O4S. The van der Waals surface area contributed by atoms with Crippen LogP contribution in [0.3, 0.4) is 0 Å². The topological polar surface area (TPSA) is 60.4 Å². The van der Waals surface area contributed by atoms with E-state index in [1.54, 1.807) is 54.6 Å². The normalized spacial score (nSPS) is 12.0. The van der Waals surface area contributed by atoms with Gasteiger partial charge in [0.2, 0.25) is 0 Å². The van der Waals surface area contributed by atoms with Crippen LogP contribution in [0.4, 0.5) is 0 Å². The van der Waals surface area contributed by atoms with Crippen LogP contribution in [-0.4, -0.2) is 20.8 Å². The molecular weight excluding hydrogens is 455 g/mol. The third-order valence-electron chi connectivity index (χ3n) is 4.44. The fraction of sp³-hybridized carbons (Fsp3) is 0.208. The number of carbonyl (C=O) groups excluding carboxylic acids is 1. The molecule has 0 unspecified atom stereocenters. The Hall–Kier alpha value is -2.18. The highest BCUT2D eigenvalue weighted by Crippen LogP contribution is 2.27. The molecule has 0 aliphatic heterocycles. The molecule has 0 heterocycles. The molecule has 0 amide bonds. The monoisotopic (exact) mass is 476 g/mol. The van der Waals surface area contributed by atoms with Crippen LogP contribution in [0.5, 0.6) is 0 Å². The van der Waals surface area contributed by atoms with Crippen molar-refractivity contribution in [1.82, 2.24) is 0 Å². The Morgan fingerprint density at radius 1 is 0.871 bits per heavy atom.